The number of carboxylic acids is 1. The summed E-state index contributed by atoms with van der Waals surface area (Å²) < 4.78 is 4.66. The van der Waals surface area contributed by atoms with Crippen LogP contribution >= 0.6 is 11.8 Å². The van der Waals surface area contributed by atoms with Crippen LogP contribution in [-0.4, -0.2) is 60.7 Å². The molecule has 0 aliphatic heterocycles. The highest BCUT2D eigenvalue weighted by Crippen LogP contribution is 1.94. The van der Waals surface area contributed by atoms with Gasteiger partial charge in [-0.05, 0) is 6.26 Å². The zero-order valence-electron chi connectivity index (χ0n) is 8.36. The molecule has 0 aromatic heterocycles. The van der Waals surface area contributed by atoms with Crippen LogP contribution in [0.1, 0.15) is 0 Å². The molecule has 0 fully saturated rings. The number of amides is 1. The van der Waals surface area contributed by atoms with Crippen molar-refractivity contribution < 1.29 is 19.4 Å². The molecule has 0 heterocycles. The summed E-state index contributed by atoms with van der Waals surface area (Å²) in [6.45, 7) is 0.0513. The Morgan fingerprint density at radius 2 is 2.07 bits per heavy atom. The van der Waals surface area contributed by atoms with Crippen molar-refractivity contribution in [3.05, 3.63) is 0 Å². The van der Waals surface area contributed by atoms with Crippen LogP contribution in [0.5, 0.6) is 0 Å². The van der Waals surface area contributed by atoms with Gasteiger partial charge in [0.1, 0.15) is 13.2 Å². The smallest absolute Gasteiger partial charge is 0.329 e. The molecule has 0 atom stereocenters. The topological polar surface area (TPSA) is 66.8 Å². The van der Waals surface area contributed by atoms with Crippen LogP contribution in [0.4, 0.5) is 0 Å². The lowest BCUT2D eigenvalue weighted by Crippen LogP contribution is -2.32. The minimum atomic E-state index is -1.07. The Morgan fingerprint density at radius 1 is 1.43 bits per heavy atom. The third-order valence-electron chi connectivity index (χ3n) is 1.51. The van der Waals surface area contributed by atoms with Crippen LogP contribution in [0.3, 0.4) is 0 Å². The number of nitrogens with zero attached hydrogens (tertiary/aromatic N) is 1. The van der Waals surface area contributed by atoms with E-state index in [1.165, 1.54) is 4.90 Å². The fourth-order valence-corrected chi connectivity index (χ4v) is 1.15. The van der Waals surface area contributed by atoms with Crippen LogP contribution in [0, 0.1) is 0 Å². The third-order valence-corrected chi connectivity index (χ3v) is 2.10. The molecule has 1 N–H and O–H groups in total. The molecule has 0 unspecified atom stereocenters. The molecular formula is C8H15NO4S. The van der Waals surface area contributed by atoms with Crippen molar-refractivity contribution in [2.24, 2.45) is 0 Å². The van der Waals surface area contributed by atoms with Gasteiger partial charge in [0.05, 0.1) is 0 Å². The van der Waals surface area contributed by atoms with Gasteiger partial charge in [0, 0.05) is 19.3 Å². The Kier molecular flexibility index (Phi) is 7.23. The fraction of sp³-hybridized carbons (Fsp3) is 0.750. The van der Waals surface area contributed by atoms with E-state index in [1.54, 1.807) is 18.8 Å². The van der Waals surface area contributed by atoms with Gasteiger partial charge in [0.25, 0.3) is 0 Å². The molecule has 82 valence electrons. The van der Waals surface area contributed by atoms with E-state index in [0.29, 0.717) is 6.54 Å². The first-order chi connectivity index (χ1) is 6.57. The summed E-state index contributed by atoms with van der Waals surface area (Å²) in [5.41, 5.74) is 0. The summed E-state index contributed by atoms with van der Waals surface area (Å²) in [4.78, 5) is 22.8. The average Bonchev–Trinajstić information content (AvgIpc) is 2.13. The number of rotatable bonds is 7. The van der Waals surface area contributed by atoms with Crippen molar-refractivity contribution >= 4 is 23.6 Å². The van der Waals surface area contributed by atoms with Gasteiger partial charge in [0.2, 0.25) is 5.91 Å². The second kappa shape index (κ2) is 7.64. The number of hydrogen-bond donors (Lipinski definition) is 1. The van der Waals surface area contributed by atoms with E-state index < -0.39 is 12.6 Å². The number of ether oxygens (including phenoxy) is 1. The van der Waals surface area contributed by atoms with Gasteiger partial charge in [-0.1, -0.05) is 0 Å². The number of carbonyl (C=O) groups is 2. The molecule has 0 spiro atoms. The van der Waals surface area contributed by atoms with E-state index in [1.807, 2.05) is 6.26 Å². The molecule has 0 aromatic rings. The summed E-state index contributed by atoms with van der Waals surface area (Å²) in [7, 11) is 1.67. The van der Waals surface area contributed by atoms with Gasteiger partial charge in [-0.3, -0.25) is 4.79 Å². The van der Waals surface area contributed by atoms with E-state index in [-0.39, 0.29) is 12.5 Å². The Morgan fingerprint density at radius 3 is 2.57 bits per heavy atom. The summed E-state index contributed by atoms with van der Waals surface area (Å²) in [5, 5.41) is 8.25. The van der Waals surface area contributed by atoms with Gasteiger partial charge < -0.3 is 14.7 Å². The predicted octanol–water partition coefficient (Wildman–Crippen LogP) is -0.0910. The Bertz CT molecular complexity index is 198. The molecule has 0 bridgehead atoms. The molecule has 5 nitrogen and oxygen atoms in total. The second-order valence-electron chi connectivity index (χ2n) is 2.69. The number of aliphatic carboxylic acids is 1. The molecule has 0 aliphatic rings. The van der Waals surface area contributed by atoms with E-state index in [0.717, 1.165) is 5.75 Å². The lowest BCUT2D eigenvalue weighted by Gasteiger charge is -2.15. The molecule has 0 radical (unpaired) electrons. The normalized spacial score (nSPS) is 9.86. The van der Waals surface area contributed by atoms with E-state index >= 15 is 0 Å². The lowest BCUT2D eigenvalue weighted by molar-refractivity contribution is -0.145. The highest BCUT2D eigenvalue weighted by Gasteiger charge is 2.08. The average molecular weight is 221 g/mol. The van der Waals surface area contributed by atoms with Gasteiger partial charge in [0.15, 0.2) is 0 Å². The van der Waals surface area contributed by atoms with Crippen LogP contribution in [-0.2, 0) is 14.3 Å². The van der Waals surface area contributed by atoms with Gasteiger partial charge in [-0.25, -0.2) is 4.79 Å². The van der Waals surface area contributed by atoms with Crippen molar-refractivity contribution in [1.29, 1.82) is 0 Å². The standard InChI is InChI=1S/C8H15NO4S/c1-9(3-4-14-2)7(10)5-13-6-8(11)12/h3-6H2,1-2H3,(H,11,12). The molecule has 0 saturated carbocycles. The fourth-order valence-electron chi connectivity index (χ4n) is 0.689. The first kappa shape index (κ1) is 13.2. The predicted molar refractivity (Wildman–Crippen MR) is 54.5 cm³/mol. The van der Waals surface area contributed by atoms with E-state index in [9.17, 15) is 9.59 Å². The maximum absolute atomic E-state index is 11.2. The summed E-state index contributed by atoms with van der Waals surface area (Å²) in [6.07, 6.45) is 1.96. The van der Waals surface area contributed by atoms with Crippen LogP contribution in [0.25, 0.3) is 0 Å². The first-order valence-corrected chi connectivity index (χ1v) is 5.49. The van der Waals surface area contributed by atoms with Crippen molar-refractivity contribution in [3.63, 3.8) is 0 Å². The van der Waals surface area contributed by atoms with Crippen LogP contribution < -0.4 is 0 Å². The number of likely N-dealkylation sites (N-methyl/N-ethyl adjacent to an activating group) is 1. The van der Waals surface area contributed by atoms with Crippen molar-refractivity contribution in [3.8, 4) is 0 Å². The number of thioether (sulfide) groups is 1. The van der Waals surface area contributed by atoms with Crippen LogP contribution in [0.15, 0.2) is 0 Å². The highest BCUT2D eigenvalue weighted by molar-refractivity contribution is 7.98. The number of carboxylic acid groups (broad SMARTS) is 1. The lowest BCUT2D eigenvalue weighted by atomic mass is 10.5. The van der Waals surface area contributed by atoms with Gasteiger partial charge >= 0.3 is 5.97 Å². The summed E-state index contributed by atoms with van der Waals surface area (Å²) in [6, 6.07) is 0. The SMILES string of the molecule is CSCCN(C)C(=O)COCC(=O)O. The molecule has 0 saturated heterocycles. The molecular weight excluding hydrogens is 206 g/mol. The minimum Gasteiger partial charge on any atom is -0.480 e. The zero-order valence-corrected chi connectivity index (χ0v) is 9.17. The third kappa shape index (κ3) is 6.73. The molecule has 0 rings (SSSR count). The Hall–Kier alpha value is -0.750. The Labute approximate surface area is 87.4 Å². The van der Waals surface area contributed by atoms with Crippen molar-refractivity contribution in [2.75, 3.05) is 38.8 Å². The minimum absolute atomic E-state index is 0.169. The summed E-state index contributed by atoms with van der Waals surface area (Å²) in [5.74, 6) is -0.397. The molecule has 14 heavy (non-hydrogen) atoms. The molecule has 0 aromatic carbocycles. The van der Waals surface area contributed by atoms with Crippen molar-refractivity contribution in [1.82, 2.24) is 4.90 Å². The van der Waals surface area contributed by atoms with E-state index in [2.05, 4.69) is 4.74 Å². The maximum Gasteiger partial charge on any atom is 0.329 e. The maximum atomic E-state index is 11.2. The monoisotopic (exact) mass is 221 g/mol. The summed E-state index contributed by atoms with van der Waals surface area (Å²) >= 11 is 1.65. The quantitative estimate of drug-likeness (QED) is 0.650. The number of hydrogen-bond acceptors (Lipinski definition) is 4. The van der Waals surface area contributed by atoms with E-state index in [4.69, 9.17) is 5.11 Å². The van der Waals surface area contributed by atoms with Crippen LogP contribution in [0.2, 0.25) is 0 Å². The largest absolute Gasteiger partial charge is 0.480 e. The molecule has 0 aliphatic carbocycles. The van der Waals surface area contributed by atoms with Gasteiger partial charge in [-0.2, -0.15) is 11.8 Å². The Balaban J connectivity index is 3.56. The first-order valence-electron chi connectivity index (χ1n) is 4.10. The molecule has 1 amide bonds. The van der Waals surface area contributed by atoms with Gasteiger partial charge in [-0.15, -0.1) is 0 Å². The zero-order chi connectivity index (χ0) is 11.0. The highest BCUT2D eigenvalue weighted by atomic mass is 32.2. The second-order valence-corrected chi connectivity index (χ2v) is 3.68. The van der Waals surface area contributed by atoms with Crippen molar-refractivity contribution in [2.45, 2.75) is 0 Å². The molecule has 6 heteroatoms. The number of carbonyl (C=O) groups excluding carboxylic acids is 1.